The van der Waals surface area contributed by atoms with Crippen molar-refractivity contribution in [3.63, 3.8) is 0 Å². The van der Waals surface area contributed by atoms with Gasteiger partial charge in [-0.3, -0.25) is 0 Å². The molecular formula is C18H16O. The van der Waals surface area contributed by atoms with E-state index in [1.807, 2.05) is 24.3 Å². The molecular weight excluding hydrogens is 232 g/mol. The Morgan fingerprint density at radius 2 is 1.84 bits per heavy atom. The van der Waals surface area contributed by atoms with Gasteiger partial charge in [-0.1, -0.05) is 68.1 Å². The van der Waals surface area contributed by atoms with Crippen LogP contribution in [0.3, 0.4) is 0 Å². The second-order valence-corrected chi connectivity index (χ2v) is 4.54. The van der Waals surface area contributed by atoms with Crippen LogP contribution < -0.4 is 0 Å². The van der Waals surface area contributed by atoms with Crippen LogP contribution in [0.15, 0.2) is 59.5 Å². The Morgan fingerprint density at radius 1 is 1.05 bits per heavy atom. The fraction of sp³-hybridized carbons (Fsp3) is 0.111. The van der Waals surface area contributed by atoms with E-state index in [1.165, 1.54) is 5.56 Å². The molecule has 0 saturated heterocycles. The van der Waals surface area contributed by atoms with Crippen molar-refractivity contribution in [2.45, 2.75) is 13.3 Å². The largest absolute Gasteiger partial charge is 0.460 e. The number of benzene rings is 2. The number of furan rings is 1. The molecule has 1 aromatic heterocycles. The van der Waals surface area contributed by atoms with E-state index in [1.54, 1.807) is 0 Å². The van der Waals surface area contributed by atoms with Gasteiger partial charge in [0.1, 0.15) is 11.3 Å². The average Bonchev–Trinajstić information content (AvgIpc) is 2.85. The minimum Gasteiger partial charge on any atom is -0.460 e. The van der Waals surface area contributed by atoms with Crippen LogP contribution in [-0.4, -0.2) is 0 Å². The lowest BCUT2D eigenvalue weighted by Gasteiger charge is -2.02. The average molecular weight is 248 g/mol. The molecule has 0 spiro atoms. The minimum absolute atomic E-state index is 0.879. The maximum absolute atomic E-state index is 6.05. The Hall–Kier alpha value is -2.28. The van der Waals surface area contributed by atoms with Gasteiger partial charge in [0.2, 0.25) is 0 Å². The van der Waals surface area contributed by atoms with Gasteiger partial charge in [-0.2, -0.15) is 0 Å². The molecule has 0 saturated carbocycles. The van der Waals surface area contributed by atoms with Gasteiger partial charge in [0.15, 0.2) is 0 Å². The molecule has 0 aliphatic rings. The summed E-state index contributed by atoms with van der Waals surface area (Å²) in [5.41, 5.74) is 4.40. The van der Waals surface area contributed by atoms with Crippen molar-refractivity contribution in [2.75, 3.05) is 0 Å². The van der Waals surface area contributed by atoms with Gasteiger partial charge in [0.25, 0.3) is 0 Å². The van der Waals surface area contributed by atoms with E-state index in [0.29, 0.717) is 0 Å². The molecule has 0 radical (unpaired) electrons. The zero-order valence-electron chi connectivity index (χ0n) is 11.0. The third-order valence-electron chi connectivity index (χ3n) is 3.44. The van der Waals surface area contributed by atoms with Crippen molar-refractivity contribution in [2.24, 2.45) is 0 Å². The van der Waals surface area contributed by atoms with Crippen LogP contribution in [0.1, 0.15) is 18.2 Å². The van der Waals surface area contributed by atoms with Crippen molar-refractivity contribution in [1.82, 2.24) is 0 Å². The molecule has 3 rings (SSSR count). The van der Waals surface area contributed by atoms with Crippen molar-refractivity contribution >= 4 is 17.0 Å². The van der Waals surface area contributed by atoms with Gasteiger partial charge >= 0.3 is 0 Å². The van der Waals surface area contributed by atoms with E-state index in [-0.39, 0.29) is 0 Å². The number of hydrogen-bond acceptors (Lipinski definition) is 1. The summed E-state index contributed by atoms with van der Waals surface area (Å²) in [6, 6.07) is 16.6. The second kappa shape index (κ2) is 4.77. The maximum atomic E-state index is 6.05. The van der Waals surface area contributed by atoms with Crippen LogP contribution >= 0.6 is 0 Å². The maximum Gasteiger partial charge on any atom is 0.142 e. The molecule has 0 unspecified atom stereocenters. The molecule has 0 aliphatic heterocycles. The quantitative estimate of drug-likeness (QED) is 0.612. The lowest BCUT2D eigenvalue weighted by Crippen LogP contribution is -1.78. The topological polar surface area (TPSA) is 13.1 Å². The Morgan fingerprint density at radius 3 is 2.53 bits per heavy atom. The summed E-state index contributed by atoms with van der Waals surface area (Å²) in [5.74, 6) is 1.01. The summed E-state index contributed by atoms with van der Waals surface area (Å²) in [4.78, 5) is 0. The third-order valence-corrected chi connectivity index (χ3v) is 3.44. The van der Waals surface area contributed by atoms with Gasteiger partial charge in [0.05, 0.1) is 0 Å². The number of para-hydroxylation sites is 1. The fourth-order valence-corrected chi connectivity index (χ4v) is 2.52. The van der Waals surface area contributed by atoms with Crippen LogP contribution in [0.25, 0.3) is 28.2 Å². The molecule has 3 aromatic rings. The number of rotatable bonds is 3. The lowest BCUT2D eigenvalue weighted by atomic mass is 10.0. The fourth-order valence-electron chi connectivity index (χ4n) is 2.52. The molecule has 19 heavy (non-hydrogen) atoms. The normalized spacial score (nSPS) is 10.8. The lowest BCUT2D eigenvalue weighted by molar-refractivity contribution is 0.557. The van der Waals surface area contributed by atoms with E-state index >= 15 is 0 Å². The Balaban J connectivity index is 2.33. The van der Waals surface area contributed by atoms with Crippen molar-refractivity contribution < 1.29 is 4.42 Å². The van der Waals surface area contributed by atoms with E-state index < -0.39 is 0 Å². The third kappa shape index (κ3) is 1.88. The molecule has 1 heteroatoms. The number of aryl methyl sites for hydroxylation is 1. The Labute approximate surface area is 113 Å². The van der Waals surface area contributed by atoms with Crippen molar-refractivity contribution in [3.05, 3.63) is 66.4 Å². The molecule has 0 aliphatic carbocycles. The van der Waals surface area contributed by atoms with Gasteiger partial charge in [-0.25, -0.2) is 0 Å². The molecule has 0 fully saturated rings. The Bertz CT molecular complexity index is 720. The molecule has 2 aromatic carbocycles. The summed E-state index contributed by atoms with van der Waals surface area (Å²) in [5, 5.41) is 1.15. The standard InChI is InChI=1S/C18H16O/c1-3-14-16-12-8-11-15(13-9-6-5-7-10-13)18(16)19-17(14)4-2/h3,5-12H,1,4H2,2H3. The number of fused-ring (bicyclic) bond motifs is 1. The molecule has 94 valence electrons. The molecule has 1 nitrogen and oxygen atoms in total. The van der Waals surface area contributed by atoms with Crippen LogP contribution in [-0.2, 0) is 6.42 Å². The first-order valence-corrected chi connectivity index (χ1v) is 6.57. The van der Waals surface area contributed by atoms with Gasteiger partial charge in [0, 0.05) is 22.9 Å². The van der Waals surface area contributed by atoms with E-state index in [0.717, 1.165) is 34.3 Å². The minimum atomic E-state index is 0.879. The SMILES string of the molecule is C=Cc1c(CC)oc2c(-c3ccccc3)cccc12. The van der Waals surface area contributed by atoms with Crippen molar-refractivity contribution in [1.29, 1.82) is 0 Å². The first-order chi connectivity index (χ1) is 9.35. The summed E-state index contributed by atoms with van der Waals surface area (Å²) in [7, 11) is 0. The summed E-state index contributed by atoms with van der Waals surface area (Å²) in [6.45, 7) is 6.01. The molecule has 0 N–H and O–H groups in total. The first kappa shape index (κ1) is 11.8. The molecule has 0 bridgehead atoms. The van der Waals surface area contributed by atoms with Crippen molar-refractivity contribution in [3.8, 4) is 11.1 Å². The van der Waals surface area contributed by atoms with E-state index in [4.69, 9.17) is 4.42 Å². The number of hydrogen-bond donors (Lipinski definition) is 0. The van der Waals surface area contributed by atoms with E-state index in [9.17, 15) is 0 Å². The Kier molecular flexibility index (Phi) is 2.96. The van der Waals surface area contributed by atoms with E-state index in [2.05, 4.69) is 43.8 Å². The predicted molar refractivity (Wildman–Crippen MR) is 81.1 cm³/mol. The summed E-state index contributed by atoms with van der Waals surface area (Å²) < 4.78 is 6.05. The van der Waals surface area contributed by atoms with Crippen LogP contribution in [0, 0.1) is 0 Å². The highest BCUT2D eigenvalue weighted by molar-refractivity contribution is 5.97. The molecule has 0 amide bonds. The van der Waals surface area contributed by atoms with Crippen LogP contribution in [0.2, 0.25) is 0 Å². The second-order valence-electron chi connectivity index (χ2n) is 4.54. The zero-order valence-corrected chi connectivity index (χ0v) is 11.0. The highest BCUT2D eigenvalue weighted by Gasteiger charge is 2.13. The van der Waals surface area contributed by atoms with Gasteiger partial charge in [-0.15, -0.1) is 0 Å². The first-order valence-electron chi connectivity index (χ1n) is 6.57. The summed E-state index contributed by atoms with van der Waals surface area (Å²) >= 11 is 0. The smallest absolute Gasteiger partial charge is 0.142 e. The zero-order chi connectivity index (χ0) is 13.2. The molecule has 0 atom stereocenters. The van der Waals surface area contributed by atoms with Gasteiger partial charge in [-0.05, 0) is 5.56 Å². The molecule has 1 heterocycles. The summed E-state index contributed by atoms with van der Waals surface area (Å²) in [6.07, 6.45) is 2.77. The van der Waals surface area contributed by atoms with Crippen LogP contribution in [0.4, 0.5) is 0 Å². The van der Waals surface area contributed by atoms with Crippen LogP contribution in [0.5, 0.6) is 0 Å². The highest BCUT2D eigenvalue weighted by atomic mass is 16.3. The predicted octanol–water partition coefficient (Wildman–Crippen LogP) is 5.31. The highest BCUT2D eigenvalue weighted by Crippen LogP contribution is 2.34. The van der Waals surface area contributed by atoms with Gasteiger partial charge < -0.3 is 4.42 Å². The monoisotopic (exact) mass is 248 g/mol.